The van der Waals surface area contributed by atoms with Crippen LogP contribution in [0.15, 0.2) is 27.7 Å². The van der Waals surface area contributed by atoms with Gasteiger partial charge in [0.25, 0.3) is 0 Å². The van der Waals surface area contributed by atoms with Gasteiger partial charge in [-0.15, -0.1) is 0 Å². The van der Waals surface area contributed by atoms with E-state index in [2.05, 4.69) is 20.9 Å². The summed E-state index contributed by atoms with van der Waals surface area (Å²) >= 11 is 9.38. The van der Waals surface area contributed by atoms with Crippen LogP contribution < -0.4 is 5.73 Å². The van der Waals surface area contributed by atoms with E-state index in [-0.39, 0.29) is 0 Å². The number of nitrogens with zero attached hydrogens (tertiary/aromatic N) is 1. The summed E-state index contributed by atoms with van der Waals surface area (Å²) in [5, 5.41) is 0.682. The van der Waals surface area contributed by atoms with Gasteiger partial charge in [-0.3, -0.25) is 0 Å². The highest BCUT2D eigenvalue weighted by Crippen LogP contribution is 2.31. The molecule has 86 valence electrons. The van der Waals surface area contributed by atoms with E-state index in [0.717, 1.165) is 28.8 Å². The van der Waals surface area contributed by atoms with E-state index < -0.39 is 0 Å². The number of benzene rings is 1. The smallest absolute Gasteiger partial charge is 0.103 e. The lowest BCUT2D eigenvalue weighted by molar-refractivity contribution is 0.722. The fraction of sp³-hybridized carbons (Fsp3) is 0.417. The van der Waals surface area contributed by atoms with Gasteiger partial charge in [-0.2, -0.15) is 0 Å². The highest BCUT2D eigenvalue weighted by molar-refractivity contribution is 9.10. The molecule has 1 aromatic carbocycles. The predicted molar refractivity (Wildman–Crippen MR) is 72.4 cm³/mol. The molecule has 16 heavy (non-hydrogen) atoms. The number of aliphatic imine (C=N–C) groups is 1. The number of rotatable bonds is 2. The predicted octanol–water partition coefficient (Wildman–Crippen LogP) is 4.28. The van der Waals surface area contributed by atoms with Gasteiger partial charge in [-0.1, -0.05) is 24.4 Å². The van der Waals surface area contributed by atoms with Crippen LogP contribution in [0.4, 0.5) is 5.69 Å². The zero-order valence-corrected chi connectivity index (χ0v) is 11.3. The molecule has 0 spiro atoms. The molecule has 0 bridgehead atoms. The molecule has 1 aliphatic rings. The Labute approximate surface area is 109 Å². The van der Waals surface area contributed by atoms with Crippen molar-refractivity contribution in [2.45, 2.75) is 25.7 Å². The highest BCUT2D eigenvalue weighted by atomic mass is 79.9. The highest BCUT2D eigenvalue weighted by Gasteiger charge is 2.18. The quantitative estimate of drug-likeness (QED) is 0.642. The van der Waals surface area contributed by atoms with E-state index in [1.807, 2.05) is 18.2 Å². The minimum atomic E-state index is 0.450. The molecule has 0 heterocycles. The second kappa shape index (κ2) is 5.19. The van der Waals surface area contributed by atoms with E-state index in [0.29, 0.717) is 10.9 Å². The SMILES string of the molecule is NC(=Nc1cc(Cl)ccc1Br)C1CCCC1. The summed E-state index contributed by atoms with van der Waals surface area (Å²) in [7, 11) is 0. The first-order valence-electron chi connectivity index (χ1n) is 5.46. The third-order valence-corrected chi connectivity index (χ3v) is 3.84. The van der Waals surface area contributed by atoms with Crippen LogP contribution in [0, 0.1) is 5.92 Å². The number of amidine groups is 1. The maximum atomic E-state index is 6.02. The summed E-state index contributed by atoms with van der Waals surface area (Å²) in [4.78, 5) is 4.46. The van der Waals surface area contributed by atoms with Crippen LogP contribution in [-0.4, -0.2) is 5.84 Å². The van der Waals surface area contributed by atoms with Crippen molar-refractivity contribution in [2.24, 2.45) is 16.6 Å². The molecular formula is C12H14BrClN2. The minimum absolute atomic E-state index is 0.450. The molecule has 0 aromatic heterocycles. The summed E-state index contributed by atoms with van der Waals surface area (Å²) in [6, 6.07) is 5.55. The van der Waals surface area contributed by atoms with Gasteiger partial charge < -0.3 is 5.73 Å². The van der Waals surface area contributed by atoms with Gasteiger partial charge in [0.15, 0.2) is 0 Å². The zero-order chi connectivity index (χ0) is 11.5. The Balaban J connectivity index is 2.23. The molecule has 0 radical (unpaired) electrons. The van der Waals surface area contributed by atoms with Crippen LogP contribution in [0.3, 0.4) is 0 Å². The Morgan fingerprint density at radius 1 is 1.38 bits per heavy atom. The lowest BCUT2D eigenvalue weighted by Crippen LogP contribution is -2.20. The van der Waals surface area contributed by atoms with Crippen molar-refractivity contribution in [2.75, 3.05) is 0 Å². The fourth-order valence-corrected chi connectivity index (χ4v) is 2.53. The first kappa shape index (κ1) is 11.9. The molecule has 4 heteroatoms. The van der Waals surface area contributed by atoms with Gasteiger partial charge in [0.1, 0.15) is 5.84 Å². The van der Waals surface area contributed by atoms with Crippen molar-refractivity contribution < 1.29 is 0 Å². The fourth-order valence-electron chi connectivity index (χ4n) is 2.02. The molecule has 2 rings (SSSR count). The van der Waals surface area contributed by atoms with Crippen LogP contribution in [0.25, 0.3) is 0 Å². The molecule has 0 saturated heterocycles. The van der Waals surface area contributed by atoms with Crippen LogP contribution >= 0.6 is 27.5 Å². The van der Waals surface area contributed by atoms with Crippen molar-refractivity contribution in [1.82, 2.24) is 0 Å². The number of hydrogen-bond acceptors (Lipinski definition) is 1. The zero-order valence-electron chi connectivity index (χ0n) is 8.92. The van der Waals surface area contributed by atoms with Gasteiger partial charge >= 0.3 is 0 Å². The maximum absolute atomic E-state index is 6.02. The van der Waals surface area contributed by atoms with E-state index in [1.54, 1.807) is 0 Å². The summed E-state index contributed by atoms with van der Waals surface area (Å²) in [6.45, 7) is 0. The van der Waals surface area contributed by atoms with Crippen molar-refractivity contribution in [3.8, 4) is 0 Å². The van der Waals surface area contributed by atoms with Crippen LogP contribution in [0.5, 0.6) is 0 Å². The lowest BCUT2D eigenvalue weighted by atomic mass is 10.1. The average molecular weight is 302 g/mol. The van der Waals surface area contributed by atoms with Crippen molar-refractivity contribution >= 4 is 39.1 Å². The summed E-state index contributed by atoms with van der Waals surface area (Å²) in [5.41, 5.74) is 6.83. The molecule has 0 unspecified atom stereocenters. The maximum Gasteiger partial charge on any atom is 0.103 e. The second-order valence-corrected chi connectivity index (χ2v) is 5.40. The van der Waals surface area contributed by atoms with E-state index in [4.69, 9.17) is 17.3 Å². The van der Waals surface area contributed by atoms with Crippen molar-refractivity contribution in [3.05, 3.63) is 27.7 Å². The monoisotopic (exact) mass is 300 g/mol. The molecule has 2 N–H and O–H groups in total. The molecule has 1 fully saturated rings. The van der Waals surface area contributed by atoms with Gasteiger partial charge in [-0.05, 0) is 47.0 Å². The Kier molecular flexibility index (Phi) is 3.87. The molecule has 2 nitrogen and oxygen atoms in total. The topological polar surface area (TPSA) is 38.4 Å². The Hall–Kier alpha value is -0.540. The Morgan fingerprint density at radius 2 is 2.06 bits per heavy atom. The largest absolute Gasteiger partial charge is 0.387 e. The normalized spacial score (nSPS) is 18.0. The van der Waals surface area contributed by atoms with Gasteiger partial charge in [-0.25, -0.2) is 4.99 Å². The van der Waals surface area contributed by atoms with E-state index >= 15 is 0 Å². The Bertz CT molecular complexity index is 411. The number of hydrogen-bond donors (Lipinski definition) is 1. The third-order valence-electron chi connectivity index (χ3n) is 2.93. The van der Waals surface area contributed by atoms with Crippen LogP contribution in [-0.2, 0) is 0 Å². The first-order valence-corrected chi connectivity index (χ1v) is 6.63. The molecule has 1 aromatic rings. The number of halogens is 2. The van der Waals surface area contributed by atoms with Crippen molar-refractivity contribution in [3.63, 3.8) is 0 Å². The van der Waals surface area contributed by atoms with Crippen LogP contribution in [0.1, 0.15) is 25.7 Å². The first-order chi connectivity index (χ1) is 7.66. The van der Waals surface area contributed by atoms with E-state index in [1.165, 1.54) is 12.8 Å². The summed E-state index contributed by atoms with van der Waals surface area (Å²) in [6.07, 6.45) is 4.84. The molecular weight excluding hydrogens is 288 g/mol. The summed E-state index contributed by atoms with van der Waals surface area (Å²) in [5.74, 6) is 1.19. The molecule has 0 aliphatic heterocycles. The van der Waals surface area contributed by atoms with Crippen LogP contribution in [0.2, 0.25) is 5.02 Å². The van der Waals surface area contributed by atoms with Gasteiger partial charge in [0.2, 0.25) is 0 Å². The van der Waals surface area contributed by atoms with E-state index in [9.17, 15) is 0 Å². The molecule has 0 amide bonds. The molecule has 0 atom stereocenters. The summed E-state index contributed by atoms with van der Waals surface area (Å²) < 4.78 is 0.929. The third kappa shape index (κ3) is 2.77. The minimum Gasteiger partial charge on any atom is -0.387 e. The van der Waals surface area contributed by atoms with Gasteiger partial charge in [0, 0.05) is 15.4 Å². The average Bonchev–Trinajstić information content (AvgIpc) is 2.76. The Morgan fingerprint density at radius 3 is 2.75 bits per heavy atom. The second-order valence-electron chi connectivity index (χ2n) is 4.11. The number of nitrogens with two attached hydrogens (primary N) is 1. The molecule has 1 aliphatic carbocycles. The lowest BCUT2D eigenvalue weighted by Gasteiger charge is -2.08. The standard InChI is InChI=1S/C12H14BrClN2/c13-10-6-5-9(14)7-11(10)16-12(15)8-3-1-2-4-8/h5-8H,1-4H2,(H2,15,16). The molecule has 1 saturated carbocycles. The van der Waals surface area contributed by atoms with Gasteiger partial charge in [0.05, 0.1) is 5.69 Å². The van der Waals surface area contributed by atoms with Crippen molar-refractivity contribution in [1.29, 1.82) is 0 Å².